The highest BCUT2D eigenvalue weighted by Gasteiger charge is 2.32. The Kier molecular flexibility index (Phi) is 12.5. The number of hydrogen-bond acceptors (Lipinski definition) is 8. The summed E-state index contributed by atoms with van der Waals surface area (Å²) in [5, 5.41) is 2.21. The molecule has 0 unspecified atom stereocenters. The summed E-state index contributed by atoms with van der Waals surface area (Å²) in [5.41, 5.74) is 2.96. The number of carbonyl (C=O) groups excluding carboxylic acids is 3. The van der Waals surface area contributed by atoms with E-state index >= 15 is 0 Å². The molecule has 0 fully saturated rings. The van der Waals surface area contributed by atoms with E-state index in [4.69, 9.17) is 4.74 Å². The van der Waals surface area contributed by atoms with Gasteiger partial charge < -0.3 is 4.74 Å². The number of rotatable bonds is 15. The third-order valence-corrected chi connectivity index (χ3v) is 8.52. The van der Waals surface area contributed by atoms with E-state index in [1.807, 2.05) is 45.0 Å². The fourth-order valence-electron chi connectivity index (χ4n) is 5.24. The van der Waals surface area contributed by atoms with Gasteiger partial charge in [0.25, 0.3) is 11.8 Å². The number of ether oxygens (including phenoxy) is 1. The van der Waals surface area contributed by atoms with Crippen molar-refractivity contribution >= 4 is 27.6 Å². The molecule has 2 amide bonds. The van der Waals surface area contributed by atoms with Gasteiger partial charge in [0.2, 0.25) is 10.0 Å². The van der Waals surface area contributed by atoms with Crippen LogP contribution in [0.15, 0.2) is 85.2 Å². The first-order valence-electron chi connectivity index (χ1n) is 16.4. The van der Waals surface area contributed by atoms with E-state index in [0.29, 0.717) is 23.6 Å². The fraction of sp³-hybridized carbons (Fsp3) is 0.342. The van der Waals surface area contributed by atoms with Crippen LogP contribution >= 0.6 is 0 Å². The van der Waals surface area contributed by atoms with Gasteiger partial charge in [-0.2, -0.15) is 4.72 Å². The second-order valence-corrected chi connectivity index (χ2v) is 14.7. The smallest absolute Gasteiger partial charge is 0.258 e. The molecule has 2 N–H and O–H groups in total. The molecular formula is C38H44N4O6S. The summed E-state index contributed by atoms with van der Waals surface area (Å²) < 4.78 is 32.2. The molecule has 0 bridgehead atoms. The van der Waals surface area contributed by atoms with Gasteiger partial charge in [0.1, 0.15) is 5.75 Å². The van der Waals surface area contributed by atoms with E-state index < -0.39 is 39.1 Å². The summed E-state index contributed by atoms with van der Waals surface area (Å²) in [6, 6.07) is 18.8. The molecule has 4 rings (SSSR count). The van der Waals surface area contributed by atoms with Crippen molar-refractivity contribution in [3.05, 3.63) is 102 Å². The van der Waals surface area contributed by atoms with E-state index in [2.05, 4.69) is 26.9 Å². The number of benzene rings is 3. The van der Waals surface area contributed by atoms with Crippen molar-refractivity contribution in [1.29, 1.82) is 0 Å². The first-order valence-corrected chi connectivity index (χ1v) is 18.3. The highest BCUT2D eigenvalue weighted by atomic mass is 32.2. The van der Waals surface area contributed by atoms with Crippen LogP contribution in [0.5, 0.6) is 5.75 Å². The van der Waals surface area contributed by atoms with Crippen molar-refractivity contribution in [2.75, 3.05) is 12.9 Å². The summed E-state index contributed by atoms with van der Waals surface area (Å²) in [4.78, 5) is 48.8. The summed E-state index contributed by atoms with van der Waals surface area (Å²) in [6.45, 7) is 8.66. The van der Waals surface area contributed by atoms with Crippen molar-refractivity contribution in [1.82, 2.24) is 20.0 Å². The lowest BCUT2D eigenvalue weighted by Crippen LogP contribution is -2.52. The van der Waals surface area contributed by atoms with Gasteiger partial charge in [-0.3, -0.25) is 19.7 Å². The number of Topliss-reactive ketones (excluding diaryl/α,β-unsaturated/α-hetero) is 1. The Morgan fingerprint density at radius 1 is 0.796 bits per heavy atom. The molecule has 11 heteroatoms. The average molecular weight is 685 g/mol. The van der Waals surface area contributed by atoms with Crippen molar-refractivity contribution < 1.29 is 27.5 Å². The topological polar surface area (TPSA) is 144 Å². The normalized spacial score (nSPS) is 12.3. The zero-order valence-electron chi connectivity index (χ0n) is 28.7. The second kappa shape index (κ2) is 16.6. The van der Waals surface area contributed by atoms with Gasteiger partial charge in [0.05, 0.1) is 12.9 Å². The molecule has 4 aromatic rings. The predicted octanol–water partition coefficient (Wildman–Crippen LogP) is 6.51. The maximum Gasteiger partial charge on any atom is 0.258 e. The van der Waals surface area contributed by atoms with E-state index in [-0.39, 0.29) is 11.1 Å². The number of ketones is 1. The number of sulfonamides is 1. The lowest BCUT2D eigenvalue weighted by molar-refractivity contribution is -0.120. The maximum absolute atomic E-state index is 13.5. The third-order valence-electron chi connectivity index (χ3n) is 7.86. The number of nitrogens with one attached hydrogen (secondary N) is 2. The molecule has 0 aliphatic rings. The zero-order chi connectivity index (χ0) is 35.6. The van der Waals surface area contributed by atoms with Crippen LogP contribution in [0.3, 0.4) is 0 Å². The van der Waals surface area contributed by atoms with Gasteiger partial charge >= 0.3 is 0 Å². The minimum Gasteiger partial charge on any atom is -0.494 e. The van der Waals surface area contributed by atoms with Crippen LogP contribution in [0, 0.1) is 0 Å². The van der Waals surface area contributed by atoms with Gasteiger partial charge in [-0.15, -0.1) is 0 Å². The van der Waals surface area contributed by atoms with Crippen LogP contribution in [-0.2, 0) is 20.2 Å². The summed E-state index contributed by atoms with van der Waals surface area (Å²) in [7, 11) is -4.01. The summed E-state index contributed by atoms with van der Waals surface area (Å²) in [5.74, 6) is -1.43. The number of hydrogen-bond donors (Lipinski definition) is 2. The molecular weight excluding hydrogens is 641 g/mol. The Morgan fingerprint density at radius 3 is 2.02 bits per heavy atom. The standard InChI is InChI=1S/C38H44N4O6S/c1-6-7-8-9-12-23-48-30-21-19-26(20-22-30)29-24-39-35(40-25-29)28-17-15-27(16-18-28)34(43)33(42-49(5,46)47)37(45)41-36(44)31-13-10-11-14-32(31)38(2,3)4/h10-11,13-22,24-25,33,42H,6-9,12,23H2,1-5H3,(H,41,44,45)/t33-/m0/s1. The lowest BCUT2D eigenvalue weighted by Gasteiger charge is -2.22. The summed E-state index contributed by atoms with van der Waals surface area (Å²) >= 11 is 0. The van der Waals surface area contributed by atoms with Gasteiger partial charge in [-0.25, -0.2) is 18.4 Å². The Balaban J connectivity index is 1.43. The molecule has 3 aromatic carbocycles. The molecule has 1 aromatic heterocycles. The number of imide groups is 1. The SMILES string of the molecule is CCCCCCCOc1ccc(-c2cnc(-c3ccc(C(=O)[C@H](NS(C)(=O)=O)C(=O)NC(=O)c4ccccc4C(C)(C)C)cc3)nc2)cc1. The quantitative estimate of drug-likeness (QED) is 0.0819. The molecule has 1 atom stereocenters. The second-order valence-electron chi connectivity index (χ2n) is 13.0. The molecule has 0 saturated heterocycles. The van der Waals surface area contributed by atoms with Crippen LogP contribution in [0.1, 0.15) is 86.1 Å². The average Bonchev–Trinajstić information content (AvgIpc) is 3.08. The van der Waals surface area contributed by atoms with Crippen LogP contribution in [0.2, 0.25) is 0 Å². The minimum absolute atomic E-state index is 0.0579. The molecule has 0 aliphatic heterocycles. The van der Waals surface area contributed by atoms with Crippen molar-refractivity contribution in [3.63, 3.8) is 0 Å². The summed E-state index contributed by atoms with van der Waals surface area (Å²) in [6.07, 6.45) is 10.2. The Bertz CT molecular complexity index is 1850. The van der Waals surface area contributed by atoms with Crippen molar-refractivity contribution in [2.24, 2.45) is 0 Å². The van der Waals surface area contributed by atoms with Crippen molar-refractivity contribution in [2.45, 2.75) is 71.3 Å². The van der Waals surface area contributed by atoms with Gasteiger partial charge in [0, 0.05) is 34.6 Å². The number of aromatic nitrogens is 2. The van der Waals surface area contributed by atoms with Crippen LogP contribution in [0.4, 0.5) is 0 Å². The molecule has 0 spiro atoms. The molecule has 1 heterocycles. The van der Waals surface area contributed by atoms with Gasteiger partial charge in [-0.1, -0.05) is 108 Å². The molecule has 10 nitrogen and oxygen atoms in total. The van der Waals surface area contributed by atoms with Crippen LogP contribution < -0.4 is 14.8 Å². The number of carbonyl (C=O) groups is 3. The molecule has 0 aliphatic carbocycles. The number of amides is 2. The van der Waals surface area contributed by atoms with E-state index in [9.17, 15) is 22.8 Å². The van der Waals surface area contributed by atoms with Gasteiger partial charge in [0.15, 0.2) is 17.6 Å². The third kappa shape index (κ3) is 10.6. The number of unbranched alkanes of at least 4 members (excludes halogenated alkanes) is 4. The van der Waals surface area contributed by atoms with Crippen molar-refractivity contribution in [3.8, 4) is 28.3 Å². The van der Waals surface area contributed by atoms with Crippen LogP contribution in [-0.4, -0.2) is 54.9 Å². The predicted molar refractivity (Wildman–Crippen MR) is 191 cm³/mol. The molecule has 0 saturated carbocycles. The Labute approximate surface area is 288 Å². The Hall–Kier alpha value is -4.74. The zero-order valence-corrected chi connectivity index (χ0v) is 29.5. The molecule has 0 radical (unpaired) electrons. The lowest BCUT2D eigenvalue weighted by atomic mass is 9.83. The fourth-order valence-corrected chi connectivity index (χ4v) is 5.88. The maximum atomic E-state index is 13.5. The van der Waals surface area contributed by atoms with Gasteiger partial charge in [-0.05, 0) is 41.2 Å². The van der Waals surface area contributed by atoms with E-state index in [1.54, 1.807) is 48.8 Å². The highest BCUT2D eigenvalue weighted by molar-refractivity contribution is 7.88. The van der Waals surface area contributed by atoms with Crippen LogP contribution in [0.25, 0.3) is 22.5 Å². The first-order chi connectivity index (χ1) is 23.3. The number of nitrogens with zero attached hydrogens (tertiary/aromatic N) is 2. The molecule has 258 valence electrons. The Morgan fingerprint density at radius 2 is 1.41 bits per heavy atom. The minimum atomic E-state index is -4.01. The first kappa shape index (κ1) is 37.1. The molecule has 49 heavy (non-hydrogen) atoms. The monoisotopic (exact) mass is 684 g/mol. The largest absolute Gasteiger partial charge is 0.494 e. The van der Waals surface area contributed by atoms with E-state index in [0.717, 1.165) is 29.6 Å². The van der Waals surface area contributed by atoms with E-state index in [1.165, 1.54) is 37.8 Å². The highest BCUT2D eigenvalue weighted by Crippen LogP contribution is 2.26.